The van der Waals surface area contributed by atoms with E-state index in [0.29, 0.717) is 12.2 Å². The Kier molecular flexibility index (Phi) is 5.75. The zero-order valence-corrected chi connectivity index (χ0v) is 13.7. The molecule has 0 aliphatic heterocycles. The number of carbonyl (C=O) groups excluding carboxylic acids is 1. The van der Waals surface area contributed by atoms with Gasteiger partial charge in [0.2, 0.25) is 0 Å². The van der Waals surface area contributed by atoms with Crippen LogP contribution in [0, 0.1) is 0 Å². The van der Waals surface area contributed by atoms with E-state index in [1.54, 1.807) is 19.1 Å². The summed E-state index contributed by atoms with van der Waals surface area (Å²) in [5.74, 6) is -0.283. The molecule has 0 aliphatic rings. The molecule has 0 heterocycles. The lowest BCUT2D eigenvalue weighted by atomic mass is 10.1. The van der Waals surface area contributed by atoms with Crippen LogP contribution >= 0.6 is 0 Å². The standard InChI is InChI=1S/C17H22O2Si/c1-6-8-16(13-20(3,4)5)14-9-11-15(12-10-14)17(18)19-7-2/h8-13H,1,7H2,2-5H3/b16-13+. The minimum absolute atomic E-state index is 0.283. The molecular formula is C17H22O2Si. The van der Waals surface area contributed by atoms with Crippen LogP contribution in [0.25, 0.3) is 5.57 Å². The van der Waals surface area contributed by atoms with Crippen LogP contribution in [0.15, 0.2) is 48.4 Å². The largest absolute Gasteiger partial charge is 0.462 e. The number of benzene rings is 1. The number of carbonyl (C=O) groups is 1. The molecule has 0 bridgehead atoms. The van der Waals surface area contributed by atoms with Gasteiger partial charge in [0, 0.05) is 0 Å². The Bertz CT molecular complexity index is 541. The lowest BCUT2D eigenvalue weighted by molar-refractivity contribution is 0.0526. The van der Waals surface area contributed by atoms with Gasteiger partial charge in [0.05, 0.1) is 20.2 Å². The molecule has 0 aromatic heterocycles. The number of esters is 1. The van der Waals surface area contributed by atoms with Gasteiger partial charge in [0.25, 0.3) is 0 Å². The maximum absolute atomic E-state index is 11.6. The molecule has 0 radical (unpaired) electrons. The third-order valence-corrected chi connectivity index (χ3v) is 3.75. The maximum atomic E-state index is 11.6. The van der Waals surface area contributed by atoms with Crippen molar-refractivity contribution in [2.75, 3.05) is 6.61 Å². The Balaban J connectivity index is 3.09. The summed E-state index contributed by atoms with van der Waals surface area (Å²) in [7, 11) is -1.34. The molecule has 0 N–H and O–H groups in total. The first-order valence-corrected chi connectivity index (χ1v) is 10.3. The quantitative estimate of drug-likeness (QED) is 0.345. The highest BCUT2D eigenvalue weighted by Crippen LogP contribution is 2.20. The van der Waals surface area contributed by atoms with E-state index in [9.17, 15) is 4.79 Å². The molecule has 20 heavy (non-hydrogen) atoms. The molecule has 0 saturated carbocycles. The first kappa shape index (κ1) is 16.2. The SMILES string of the molecule is C=C=C/C(=C\[Si](C)(C)C)c1ccc(C(=O)OCC)cc1. The Morgan fingerprint density at radius 2 is 1.80 bits per heavy atom. The van der Waals surface area contributed by atoms with Gasteiger partial charge < -0.3 is 4.74 Å². The van der Waals surface area contributed by atoms with Crippen LogP contribution in [-0.4, -0.2) is 20.7 Å². The van der Waals surface area contributed by atoms with Gasteiger partial charge in [-0.05, 0) is 36.3 Å². The average Bonchev–Trinajstić information content (AvgIpc) is 2.37. The predicted molar refractivity (Wildman–Crippen MR) is 87.4 cm³/mol. The summed E-state index contributed by atoms with van der Waals surface area (Å²) in [6.07, 6.45) is 1.89. The molecule has 0 amide bonds. The number of hydrogen-bond acceptors (Lipinski definition) is 2. The summed E-state index contributed by atoms with van der Waals surface area (Å²) >= 11 is 0. The molecule has 0 aliphatic carbocycles. The van der Waals surface area contributed by atoms with E-state index < -0.39 is 8.07 Å². The number of allylic oxidation sites excluding steroid dienone is 2. The minimum atomic E-state index is -1.34. The topological polar surface area (TPSA) is 26.3 Å². The van der Waals surface area contributed by atoms with Crippen LogP contribution in [0.5, 0.6) is 0 Å². The molecule has 1 rings (SSSR count). The average molecular weight is 286 g/mol. The predicted octanol–water partition coefficient (Wildman–Crippen LogP) is 4.47. The number of hydrogen-bond donors (Lipinski definition) is 0. The highest BCUT2D eigenvalue weighted by Gasteiger charge is 2.12. The van der Waals surface area contributed by atoms with Crippen molar-refractivity contribution in [3.63, 3.8) is 0 Å². The Hall–Kier alpha value is -1.83. The van der Waals surface area contributed by atoms with E-state index in [4.69, 9.17) is 4.74 Å². The van der Waals surface area contributed by atoms with Crippen molar-refractivity contribution in [1.82, 2.24) is 0 Å². The van der Waals surface area contributed by atoms with Gasteiger partial charge in [-0.3, -0.25) is 0 Å². The Morgan fingerprint density at radius 1 is 1.25 bits per heavy atom. The van der Waals surface area contributed by atoms with Crippen molar-refractivity contribution < 1.29 is 9.53 Å². The molecule has 106 valence electrons. The number of rotatable bonds is 5. The smallest absolute Gasteiger partial charge is 0.338 e. The van der Waals surface area contributed by atoms with E-state index in [1.165, 1.54) is 0 Å². The maximum Gasteiger partial charge on any atom is 0.338 e. The van der Waals surface area contributed by atoms with Crippen molar-refractivity contribution >= 4 is 19.6 Å². The van der Waals surface area contributed by atoms with Crippen molar-refractivity contribution in [3.05, 3.63) is 59.5 Å². The van der Waals surface area contributed by atoms with E-state index in [1.807, 2.05) is 18.2 Å². The van der Waals surface area contributed by atoms with Gasteiger partial charge in [-0.15, -0.1) is 5.73 Å². The highest BCUT2D eigenvalue weighted by atomic mass is 28.3. The summed E-state index contributed by atoms with van der Waals surface area (Å²) in [4.78, 5) is 11.6. The monoisotopic (exact) mass is 286 g/mol. The van der Waals surface area contributed by atoms with Gasteiger partial charge in [-0.25, -0.2) is 4.79 Å². The summed E-state index contributed by atoms with van der Waals surface area (Å²) < 4.78 is 4.98. The molecule has 0 saturated heterocycles. The van der Waals surface area contributed by atoms with Crippen LogP contribution in [0.4, 0.5) is 0 Å². The fourth-order valence-corrected chi connectivity index (χ4v) is 2.98. The summed E-state index contributed by atoms with van der Waals surface area (Å²) in [5.41, 5.74) is 7.88. The lowest BCUT2D eigenvalue weighted by Crippen LogP contribution is -2.16. The fourth-order valence-electron chi connectivity index (χ4n) is 1.80. The van der Waals surface area contributed by atoms with E-state index >= 15 is 0 Å². The molecule has 0 atom stereocenters. The molecular weight excluding hydrogens is 264 g/mol. The fraction of sp³-hybridized carbons (Fsp3) is 0.294. The summed E-state index contributed by atoms with van der Waals surface area (Å²) in [6, 6.07) is 7.46. The third-order valence-electron chi connectivity index (χ3n) is 2.58. The second kappa shape index (κ2) is 7.08. The van der Waals surface area contributed by atoms with Crippen LogP contribution in [0.1, 0.15) is 22.8 Å². The van der Waals surface area contributed by atoms with E-state index in [0.717, 1.165) is 11.1 Å². The molecule has 1 aromatic carbocycles. The van der Waals surface area contributed by atoms with Crippen molar-refractivity contribution in [1.29, 1.82) is 0 Å². The molecule has 1 aromatic rings. The Morgan fingerprint density at radius 3 is 2.25 bits per heavy atom. The van der Waals surface area contributed by atoms with Gasteiger partial charge in [-0.1, -0.05) is 44.1 Å². The minimum Gasteiger partial charge on any atom is -0.462 e. The summed E-state index contributed by atoms with van der Waals surface area (Å²) in [5, 5.41) is 0. The molecule has 0 spiro atoms. The van der Waals surface area contributed by atoms with Crippen LogP contribution in [0.3, 0.4) is 0 Å². The van der Waals surface area contributed by atoms with Gasteiger partial charge >= 0.3 is 5.97 Å². The zero-order chi connectivity index (χ0) is 15.2. The molecule has 3 heteroatoms. The van der Waals surface area contributed by atoms with Crippen LogP contribution in [0.2, 0.25) is 19.6 Å². The van der Waals surface area contributed by atoms with Gasteiger partial charge in [-0.2, -0.15) is 0 Å². The van der Waals surface area contributed by atoms with Crippen molar-refractivity contribution in [2.45, 2.75) is 26.6 Å². The second-order valence-corrected chi connectivity index (χ2v) is 10.6. The highest BCUT2D eigenvalue weighted by molar-refractivity contribution is 6.81. The lowest BCUT2D eigenvalue weighted by Gasteiger charge is -2.12. The van der Waals surface area contributed by atoms with Gasteiger partial charge in [0.1, 0.15) is 0 Å². The van der Waals surface area contributed by atoms with E-state index in [-0.39, 0.29) is 5.97 Å². The van der Waals surface area contributed by atoms with Crippen LogP contribution < -0.4 is 0 Å². The van der Waals surface area contributed by atoms with Crippen molar-refractivity contribution in [2.24, 2.45) is 0 Å². The normalized spacial score (nSPS) is 11.7. The number of ether oxygens (including phenoxy) is 1. The Labute approximate surface area is 122 Å². The third kappa shape index (κ3) is 5.04. The molecule has 2 nitrogen and oxygen atoms in total. The van der Waals surface area contributed by atoms with Gasteiger partial charge in [0.15, 0.2) is 0 Å². The summed E-state index contributed by atoms with van der Waals surface area (Å²) in [6.45, 7) is 12.7. The second-order valence-electron chi connectivity index (χ2n) is 5.61. The zero-order valence-electron chi connectivity index (χ0n) is 12.7. The molecule has 0 unspecified atom stereocenters. The van der Waals surface area contributed by atoms with Crippen molar-refractivity contribution in [3.8, 4) is 0 Å². The molecule has 0 fully saturated rings. The first-order chi connectivity index (χ1) is 9.37. The first-order valence-electron chi connectivity index (χ1n) is 6.73. The van der Waals surface area contributed by atoms with Crippen LogP contribution in [-0.2, 0) is 4.74 Å². The van der Waals surface area contributed by atoms with E-state index in [2.05, 4.69) is 37.7 Å².